The Balaban J connectivity index is 1.59. The zero-order valence-electron chi connectivity index (χ0n) is 21.1. The van der Waals surface area contributed by atoms with Crippen molar-refractivity contribution >= 4 is 22.9 Å². The molecule has 35 heavy (non-hydrogen) atoms. The van der Waals surface area contributed by atoms with E-state index in [0.717, 1.165) is 28.0 Å². The summed E-state index contributed by atoms with van der Waals surface area (Å²) in [7, 11) is 0. The van der Waals surface area contributed by atoms with Crippen molar-refractivity contribution in [2.24, 2.45) is 11.8 Å². The van der Waals surface area contributed by atoms with Gasteiger partial charge in [-0.1, -0.05) is 51.1 Å². The van der Waals surface area contributed by atoms with E-state index in [4.69, 9.17) is 9.97 Å². The summed E-state index contributed by atoms with van der Waals surface area (Å²) in [4.78, 5) is 18.5. The smallest absolute Gasteiger partial charge is 0.227 e. The van der Waals surface area contributed by atoms with Crippen molar-refractivity contribution in [2.45, 2.75) is 53.2 Å². The summed E-state index contributed by atoms with van der Waals surface area (Å²) in [6.45, 7) is 11.2. The number of pyridine rings is 1. The van der Waals surface area contributed by atoms with Gasteiger partial charge in [-0.2, -0.15) is 9.97 Å². The van der Waals surface area contributed by atoms with Gasteiger partial charge in [-0.15, -0.1) is 0 Å². The van der Waals surface area contributed by atoms with Gasteiger partial charge in [0.1, 0.15) is 0 Å². The first-order valence-electron chi connectivity index (χ1n) is 12.2. The average Bonchev–Trinajstić information content (AvgIpc) is 3.30. The fourth-order valence-electron chi connectivity index (χ4n) is 3.97. The first-order valence-corrected chi connectivity index (χ1v) is 12.2. The van der Waals surface area contributed by atoms with E-state index in [1.807, 2.05) is 22.8 Å². The quantitative estimate of drug-likeness (QED) is 0.293. The van der Waals surface area contributed by atoms with Gasteiger partial charge in [0.05, 0.1) is 24.7 Å². The van der Waals surface area contributed by atoms with Gasteiger partial charge in [0, 0.05) is 24.3 Å². The maximum absolute atomic E-state index is 9.99. The lowest BCUT2D eigenvalue weighted by Crippen LogP contribution is -2.34. The Morgan fingerprint density at radius 3 is 2.34 bits per heavy atom. The highest BCUT2D eigenvalue weighted by Crippen LogP contribution is 2.26. The number of aromatic nitrogens is 5. The molecule has 0 saturated heterocycles. The first kappa shape index (κ1) is 24.6. The second-order valence-electron chi connectivity index (χ2n) is 9.62. The van der Waals surface area contributed by atoms with Crippen molar-refractivity contribution in [2.75, 3.05) is 17.2 Å². The molecule has 0 radical (unpaired) electrons. The van der Waals surface area contributed by atoms with Gasteiger partial charge < -0.3 is 20.3 Å². The van der Waals surface area contributed by atoms with Crippen molar-refractivity contribution in [1.29, 1.82) is 0 Å². The van der Waals surface area contributed by atoms with E-state index in [1.54, 1.807) is 12.5 Å². The van der Waals surface area contributed by atoms with Crippen LogP contribution in [-0.2, 0) is 6.54 Å². The van der Waals surface area contributed by atoms with Gasteiger partial charge in [0.15, 0.2) is 17.0 Å². The lowest BCUT2D eigenvalue weighted by molar-refractivity contribution is 0.219. The molecule has 3 N–H and O–H groups in total. The fourth-order valence-corrected chi connectivity index (χ4v) is 3.97. The van der Waals surface area contributed by atoms with E-state index in [9.17, 15) is 5.11 Å². The Bertz CT molecular complexity index is 1240. The molecule has 0 bridgehead atoms. The van der Waals surface area contributed by atoms with E-state index in [-0.39, 0.29) is 24.6 Å². The van der Waals surface area contributed by atoms with Crippen LogP contribution in [-0.4, -0.2) is 42.3 Å². The number of rotatable bonds is 10. The van der Waals surface area contributed by atoms with Gasteiger partial charge in [0.2, 0.25) is 5.95 Å². The number of benzene rings is 1. The summed E-state index contributed by atoms with van der Waals surface area (Å²) in [5.74, 6) is 1.82. The number of hydrogen-bond donors (Lipinski definition) is 3. The minimum atomic E-state index is -0.144. The Hall–Kier alpha value is -3.52. The zero-order chi connectivity index (χ0) is 24.9. The van der Waals surface area contributed by atoms with Crippen molar-refractivity contribution < 1.29 is 5.11 Å². The van der Waals surface area contributed by atoms with Crippen LogP contribution >= 0.6 is 0 Å². The third-order valence-electron chi connectivity index (χ3n) is 6.55. The Labute approximate surface area is 206 Å². The number of hydrogen-bond acceptors (Lipinski definition) is 7. The van der Waals surface area contributed by atoms with E-state index in [1.165, 1.54) is 0 Å². The van der Waals surface area contributed by atoms with Gasteiger partial charge >= 0.3 is 0 Å². The molecular weight excluding hydrogens is 438 g/mol. The summed E-state index contributed by atoms with van der Waals surface area (Å²) >= 11 is 0. The molecule has 3 heterocycles. The molecule has 4 aromatic rings. The summed E-state index contributed by atoms with van der Waals surface area (Å²) in [6.07, 6.45) is 3.61. The highest BCUT2D eigenvalue weighted by molar-refractivity contribution is 5.84. The number of aliphatic hydroxyl groups is 1. The van der Waals surface area contributed by atoms with Gasteiger partial charge in [-0.25, -0.2) is 4.98 Å². The number of fused-ring (bicyclic) bond motifs is 1. The number of aliphatic hydroxyl groups excluding tert-OH is 1. The second kappa shape index (κ2) is 10.8. The predicted octanol–water partition coefficient (Wildman–Crippen LogP) is 5.15. The summed E-state index contributed by atoms with van der Waals surface area (Å²) in [5.41, 5.74) is 4.64. The monoisotopic (exact) mass is 473 g/mol. The lowest BCUT2D eigenvalue weighted by atomic mass is 9.91. The van der Waals surface area contributed by atoms with Crippen LogP contribution in [0.2, 0.25) is 0 Å². The minimum Gasteiger partial charge on any atom is -0.394 e. The standard InChI is InChI=1S/C27H35N7O/c1-17(2)19(5)23(15-35)31-27-32-25(24-26(33-27)34(16-30-24)18(3)4)29-14-20-9-11-21(12-10-20)22-8-6-7-13-28-22/h6-13,16-19,23,35H,14-15H2,1-5H3,(H2,29,31,32,33)/t19?,23-/m0/s1. The molecule has 1 aromatic carbocycles. The molecule has 0 saturated carbocycles. The minimum absolute atomic E-state index is 0.00949. The molecule has 0 aliphatic rings. The fraction of sp³-hybridized carbons (Fsp3) is 0.407. The summed E-state index contributed by atoms with van der Waals surface area (Å²) in [6, 6.07) is 14.3. The van der Waals surface area contributed by atoms with Crippen LogP contribution in [0.1, 0.15) is 46.2 Å². The molecule has 1 unspecified atom stereocenters. The predicted molar refractivity (Wildman–Crippen MR) is 141 cm³/mol. The summed E-state index contributed by atoms with van der Waals surface area (Å²) < 4.78 is 2.04. The first-order chi connectivity index (χ1) is 16.9. The Morgan fingerprint density at radius 1 is 0.943 bits per heavy atom. The topological polar surface area (TPSA) is 101 Å². The second-order valence-corrected chi connectivity index (χ2v) is 9.62. The van der Waals surface area contributed by atoms with Crippen molar-refractivity contribution in [1.82, 2.24) is 24.5 Å². The van der Waals surface area contributed by atoms with Crippen LogP contribution in [0.15, 0.2) is 55.0 Å². The number of nitrogens with one attached hydrogen (secondary N) is 2. The highest BCUT2D eigenvalue weighted by atomic mass is 16.3. The molecule has 2 atom stereocenters. The molecule has 8 heteroatoms. The molecule has 0 aliphatic carbocycles. The van der Waals surface area contributed by atoms with Crippen LogP contribution in [0.5, 0.6) is 0 Å². The molecule has 8 nitrogen and oxygen atoms in total. The lowest BCUT2D eigenvalue weighted by Gasteiger charge is -2.26. The largest absolute Gasteiger partial charge is 0.394 e. The number of anilines is 2. The van der Waals surface area contributed by atoms with Crippen molar-refractivity contribution in [3.8, 4) is 11.3 Å². The molecule has 184 valence electrons. The molecule has 3 aromatic heterocycles. The van der Waals surface area contributed by atoms with Crippen LogP contribution in [0.25, 0.3) is 22.4 Å². The third-order valence-corrected chi connectivity index (χ3v) is 6.55. The molecular formula is C27H35N7O. The molecule has 0 amide bonds. The maximum Gasteiger partial charge on any atom is 0.227 e. The number of nitrogens with zero attached hydrogens (tertiary/aromatic N) is 5. The molecule has 0 aliphatic heterocycles. The SMILES string of the molecule is CC(C)C(C)[C@H](CO)Nc1nc(NCc2ccc(-c3ccccn3)cc2)c2ncn(C(C)C)c2n1. The average molecular weight is 474 g/mol. The van der Waals surface area contributed by atoms with Crippen molar-refractivity contribution in [3.63, 3.8) is 0 Å². The maximum atomic E-state index is 9.99. The third kappa shape index (κ3) is 5.59. The normalized spacial score (nSPS) is 13.4. The van der Waals surface area contributed by atoms with Gasteiger partial charge in [-0.3, -0.25) is 4.98 Å². The van der Waals surface area contributed by atoms with Crippen molar-refractivity contribution in [3.05, 3.63) is 60.6 Å². The van der Waals surface area contributed by atoms with Crippen LogP contribution in [0, 0.1) is 11.8 Å². The highest BCUT2D eigenvalue weighted by Gasteiger charge is 2.22. The van der Waals surface area contributed by atoms with Gasteiger partial charge in [0.25, 0.3) is 0 Å². The Morgan fingerprint density at radius 2 is 1.71 bits per heavy atom. The molecule has 0 fully saturated rings. The van der Waals surface area contributed by atoms with E-state index in [0.29, 0.717) is 24.2 Å². The zero-order valence-corrected chi connectivity index (χ0v) is 21.1. The van der Waals surface area contributed by atoms with Crippen LogP contribution in [0.4, 0.5) is 11.8 Å². The van der Waals surface area contributed by atoms with Crippen LogP contribution in [0.3, 0.4) is 0 Å². The molecule has 4 rings (SSSR count). The van der Waals surface area contributed by atoms with E-state index >= 15 is 0 Å². The Kier molecular flexibility index (Phi) is 7.60. The van der Waals surface area contributed by atoms with Gasteiger partial charge in [-0.05, 0) is 43.4 Å². The van der Waals surface area contributed by atoms with E-state index in [2.05, 4.69) is 79.5 Å². The van der Waals surface area contributed by atoms with E-state index < -0.39 is 0 Å². The number of imidazole rings is 1. The van der Waals surface area contributed by atoms with Crippen LogP contribution < -0.4 is 10.6 Å². The summed E-state index contributed by atoms with van der Waals surface area (Å²) in [5, 5.41) is 16.8. The molecule has 0 spiro atoms.